The van der Waals surface area contributed by atoms with Crippen molar-refractivity contribution in [3.8, 4) is 0 Å². The predicted octanol–water partition coefficient (Wildman–Crippen LogP) is 0.295. The largest absolute Gasteiger partial charge is 0.477 e. The van der Waals surface area contributed by atoms with E-state index in [9.17, 15) is 18.0 Å². The molecule has 0 saturated carbocycles. The van der Waals surface area contributed by atoms with Crippen LogP contribution >= 0.6 is 0 Å². The van der Waals surface area contributed by atoms with Gasteiger partial charge in [-0.2, -0.15) is 13.2 Å². The predicted molar refractivity (Wildman–Crippen MR) is 31.6 cm³/mol. The molecular weight excluding hydrogens is 177 g/mol. The fourth-order valence-electron chi connectivity index (χ4n) is 0.721. The Bertz CT molecular complexity index is 235. The average molecular weight is 182 g/mol. The molecule has 0 aromatic heterocycles. The van der Waals surface area contributed by atoms with Gasteiger partial charge in [0.15, 0.2) is 0 Å². The second-order valence-electron chi connectivity index (χ2n) is 2.11. The number of carboxylic acid groups (broad SMARTS) is 1. The third-order valence-electron chi connectivity index (χ3n) is 1.27. The summed E-state index contributed by atoms with van der Waals surface area (Å²) in [4.78, 5) is 10.1. The van der Waals surface area contributed by atoms with Gasteiger partial charge in [-0.15, -0.1) is 5.01 Å². The Morgan fingerprint density at radius 1 is 1.67 bits per heavy atom. The molecule has 0 saturated heterocycles. The maximum Gasteiger partial charge on any atom is 0.477 e. The molecule has 0 bridgehead atoms. The lowest BCUT2D eigenvalue weighted by Crippen LogP contribution is -2.44. The van der Waals surface area contributed by atoms with Gasteiger partial charge in [-0.05, 0) is 6.08 Å². The molecule has 0 unspecified atom stereocenters. The van der Waals surface area contributed by atoms with Crippen molar-refractivity contribution in [2.24, 2.45) is 0 Å². The summed E-state index contributed by atoms with van der Waals surface area (Å²) in [6, 6.07) is 0. The van der Waals surface area contributed by atoms with Crippen molar-refractivity contribution in [1.82, 2.24) is 10.4 Å². The molecule has 2 N–H and O–H groups in total. The second kappa shape index (κ2) is 2.67. The van der Waals surface area contributed by atoms with Crippen molar-refractivity contribution in [2.75, 3.05) is 6.54 Å². The lowest BCUT2D eigenvalue weighted by molar-refractivity contribution is -0.253. The number of hydrazine groups is 1. The molecule has 4 nitrogen and oxygen atoms in total. The van der Waals surface area contributed by atoms with Gasteiger partial charge in [0.05, 0.1) is 0 Å². The molecule has 1 aliphatic heterocycles. The summed E-state index contributed by atoms with van der Waals surface area (Å²) < 4.78 is 35.5. The normalized spacial score (nSPS) is 18.8. The molecule has 0 amide bonds. The number of hydrogen-bond acceptors (Lipinski definition) is 3. The summed E-state index contributed by atoms with van der Waals surface area (Å²) in [5, 5.41) is 8.16. The molecular formula is C5H5F3N2O2. The Hall–Kier alpha value is -1.24. The highest BCUT2D eigenvalue weighted by Gasteiger charge is 2.40. The first-order chi connectivity index (χ1) is 5.41. The highest BCUT2D eigenvalue weighted by atomic mass is 19.4. The number of halogens is 3. The van der Waals surface area contributed by atoms with Crippen LogP contribution in [-0.4, -0.2) is 28.9 Å². The van der Waals surface area contributed by atoms with Crippen LogP contribution in [0, 0.1) is 0 Å². The second-order valence-corrected chi connectivity index (χ2v) is 2.11. The van der Waals surface area contributed by atoms with Gasteiger partial charge in [0.2, 0.25) is 0 Å². The number of hydrogen-bond donors (Lipinski definition) is 2. The van der Waals surface area contributed by atoms with Crippen LogP contribution in [-0.2, 0) is 4.79 Å². The lowest BCUT2D eigenvalue weighted by Gasteiger charge is -2.19. The molecule has 0 radical (unpaired) electrons. The van der Waals surface area contributed by atoms with Crippen molar-refractivity contribution in [2.45, 2.75) is 6.30 Å². The standard InChI is InChI=1S/C5H5F3N2O2/c6-5(7,8)10-2-1-3(9-10)4(11)12/h1,9H,2H2,(H,11,12). The monoisotopic (exact) mass is 182 g/mol. The van der Waals surface area contributed by atoms with E-state index in [0.717, 1.165) is 6.08 Å². The van der Waals surface area contributed by atoms with Crippen LogP contribution in [0.1, 0.15) is 0 Å². The Labute approximate surface area is 65.2 Å². The van der Waals surface area contributed by atoms with E-state index in [2.05, 4.69) is 0 Å². The third-order valence-corrected chi connectivity index (χ3v) is 1.27. The number of carbonyl (C=O) groups is 1. The van der Waals surface area contributed by atoms with Crippen LogP contribution in [0.4, 0.5) is 13.2 Å². The van der Waals surface area contributed by atoms with Crippen LogP contribution in [0.2, 0.25) is 0 Å². The van der Waals surface area contributed by atoms with Gasteiger partial charge in [0.25, 0.3) is 0 Å². The van der Waals surface area contributed by atoms with Gasteiger partial charge in [-0.25, -0.2) is 4.79 Å². The number of alkyl halides is 3. The molecule has 0 fully saturated rings. The average Bonchev–Trinajstić information content (AvgIpc) is 2.30. The van der Waals surface area contributed by atoms with E-state index < -0.39 is 24.5 Å². The highest BCUT2D eigenvalue weighted by molar-refractivity contribution is 5.86. The fourth-order valence-corrected chi connectivity index (χ4v) is 0.721. The molecule has 0 aromatic carbocycles. The van der Waals surface area contributed by atoms with E-state index in [4.69, 9.17) is 5.11 Å². The van der Waals surface area contributed by atoms with E-state index in [-0.39, 0.29) is 5.01 Å². The summed E-state index contributed by atoms with van der Waals surface area (Å²) in [5.41, 5.74) is 1.25. The van der Waals surface area contributed by atoms with E-state index in [1.807, 2.05) is 0 Å². The molecule has 1 heterocycles. The molecule has 1 rings (SSSR count). The summed E-state index contributed by atoms with van der Waals surface area (Å²) >= 11 is 0. The van der Waals surface area contributed by atoms with Gasteiger partial charge in [0, 0.05) is 6.54 Å². The van der Waals surface area contributed by atoms with E-state index in [1.165, 1.54) is 0 Å². The molecule has 1 aliphatic rings. The van der Waals surface area contributed by atoms with Crippen molar-refractivity contribution in [1.29, 1.82) is 0 Å². The number of aliphatic carboxylic acids is 1. The molecule has 12 heavy (non-hydrogen) atoms. The van der Waals surface area contributed by atoms with Crippen LogP contribution in [0.5, 0.6) is 0 Å². The number of nitrogens with one attached hydrogen (secondary N) is 1. The van der Waals surface area contributed by atoms with E-state index >= 15 is 0 Å². The molecule has 0 atom stereocenters. The van der Waals surface area contributed by atoms with Gasteiger partial charge in [0.1, 0.15) is 5.70 Å². The van der Waals surface area contributed by atoms with E-state index in [1.54, 1.807) is 5.43 Å². The number of rotatable bonds is 1. The Kier molecular flexibility index (Phi) is 1.97. The Balaban J connectivity index is 2.59. The van der Waals surface area contributed by atoms with Crippen molar-refractivity contribution >= 4 is 5.97 Å². The number of nitrogens with zero attached hydrogens (tertiary/aromatic N) is 1. The first-order valence-corrected chi connectivity index (χ1v) is 2.96. The highest BCUT2D eigenvalue weighted by Crippen LogP contribution is 2.22. The summed E-state index contributed by atoms with van der Waals surface area (Å²) in [6.45, 7) is -0.481. The maximum absolute atomic E-state index is 11.8. The first-order valence-electron chi connectivity index (χ1n) is 2.96. The molecule has 7 heteroatoms. The Morgan fingerprint density at radius 3 is 2.50 bits per heavy atom. The summed E-state index contributed by atoms with van der Waals surface area (Å²) in [7, 11) is 0. The maximum atomic E-state index is 11.8. The van der Waals surface area contributed by atoms with Gasteiger partial charge >= 0.3 is 12.3 Å². The van der Waals surface area contributed by atoms with Crippen LogP contribution in [0.3, 0.4) is 0 Å². The summed E-state index contributed by atoms with van der Waals surface area (Å²) in [5.74, 6) is -1.40. The summed E-state index contributed by atoms with van der Waals surface area (Å²) in [6.07, 6.45) is -3.59. The molecule has 0 aromatic rings. The van der Waals surface area contributed by atoms with Crippen LogP contribution in [0.15, 0.2) is 11.8 Å². The Morgan fingerprint density at radius 2 is 2.25 bits per heavy atom. The van der Waals surface area contributed by atoms with Crippen LogP contribution in [0.25, 0.3) is 0 Å². The van der Waals surface area contributed by atoms with Crippen molar-refractivity contribution < 1.29 is 23.1 Å². The molecule has 0 aliphatic carbocycles. The minimum atomic E-state index is -4.55. The quantitative estimate of drug-likeness (QED) is 0.572. The molecule has 68 valence electrons. The molecule has 0 spiro atoms. The smallest absolute Gasteiger partial charge is 0.477 e. The topological polar surface area (TPSA) is 52.6 Å². The minimum absolute atomic E-state index is 0.115. The number of carboxylic acids is 1. The zero-order chi connectivity index (χ0) is 9.35. The SMILES string of the molecule is O=C(O)C1=CCN(C(F)(F)F)N1. The van der Waals surface area contributed by atoms with E-state index in [0.29, 0.717) is 0 Å². The third kappa shape index (κ3) is 1.67. The van der Waals surface area contributed by atoms with Gasteiger partial charge in [-0.3, -0.25) is 0 Å². The first kappa shape index (κ1) is 8.85. The lowest BCUT2D eigenvalue weighted by atomic mass is 10.4. The zero-order valence-corrected chi connectivity index (χ0v) is 5.72. The minimum Gasteiger partial charge on any atom is -0.477 e. The zero-order valence-electron chi connectivity index (χ0n) is 5.72. The van der Waals surface area contributed by atoms with Gasteiger partial charge in [-0.1, -0.05) is 0 Å². The van der Waals surface area contributed by atoms with Crippen molar-refractivity contribution in [3.05, 3.63) is 11.8 Å². The van der Waals surface area contributed by atoms with Crippen LogP contribution < -0.4 is 5.43 Å². The van der Waals surface area contributed by atoms with Gasteiger partial charge < -0.3 is 10.5 Å². The fraction of sp³-hybridized carbons (Fsp3) is 0.400. The van der Waals surface area contributed by atoms with Crippen molar-refractivity contribution in [3.63, 3.8) is 0 Å².